The van der Waals surface area contributed by atoms with E-state index in [0.29, 0.717) is 5.71 Å². The fourth-order valence-corrected chi connectivity index (χ4v) is 3.06. The molecule has 3 aromatic carbocycles. The van der Waals surface area contributed by atoms with Gasteiger partial charge in [0.15, 0.2) is 0 Å². The number of rotatable bonds is 7. The standard InChI is InChI=1S/C21H18N4O4/c1-15(21(16-8-4-2-5-9-16)17-10-6-3-7-11-17)22-23-19-13-12-18(24(26)27)14-20(19)25(28)29/h2-14,21,23H,1H3. The second-order valence-corrected chi connectivity index (χ2v) is 6.34. The van der Waals surface area contributed by atoms with Crippen molar-refractivity contribution >= 4 is 22.8 Å². The van der Waals surface area contributed by atoms with Crippen molar-refractivity contribution in [2.45, 2.75) is 12.8 Å². The molecule has 0 aliphatic rings. The SMILES string of the molecule is CC(=NNc1ccc([N+](=O)[O-])cc1[N+](=O)[O-])C(c1ccccc1)c1ccccc1. The number of non-ortho nitro benzene ring substituents is 1. The molecule has 1 N–H and O–H groups in total. The third-order valence-corrected chi connectivity index (χ3v) is 4.43. The first-order chi connectivity index (χ1) is 14.0. The highest BCUT2D eigenvalue weighted by Crippen LogP contribution is 2.30. The Balaban J connectivity index is 1.96. The Kier molecular flexibility index (Phi) is 5.94. The van der Waals surface area contributed by atoms with E-state index in [9.17, 15) is 20.2 Å². The molecular formula is C21H18N4O4. The van der Waals surface area contributed by atoms with Crippen LogP contribution >= 0.6 is 0 Å². The van der Waals surface area contributed by atoms with E-state index in [1.165, 1.54) is 12.1 Å². The van der Waals surface area contributed by atoms with E-state index in [1.54, 1.807) is 0 Å². The normalized spacial score (nSPS) is 11.3. The van der Waals surface area contributed by atoms with Crippen LogP contribution in [0.3, 0.4) is 0 Å². The molecular weight excluding hydrogens is 372 g/mol. The van der Waals surface area contributed by atoms with Crippen LogP contribution < -0.4 is 5.43 Å². The van der Waals surface area contributed by atoms with Crippen LogP contribution in [0.1, 0.15) is 24.0 Å². The number of hydrogen-bond donors (Lipinski definition) is 1. The Morgan fingerprint density at radius 2 is 1.41 bits per heavy atom. The van der Waals surface area contributed by atoms with Gasteiger partial charge >= 0.3 is 5.69 Å². The minimum atomic E-state index is -0.675. The average Bonchev–Trinajstić information content (AvgIpc) is 2.73. The fraction of sp³-hybridized carbons (Fsp3) is 0.0952. The van der Waals surface area contributed by atoms with E-state index in [2.05, 4.69) is 10.5 Å². The quantitative estimate of drug-likeness (QED) is 0.342. The Morgan fingerprint density at radius 1 is 0.862 bits per heavy atom. The van der Waals surface area contributed by atoms with E-state index < -0.39 is 15.5 Å². The zero-order chi connectivity index (χ0) is 20.8. The zero-order valence-electron chi connectivity index (χ0n) is 15.6. The third kappa shape index (κ3) is 4.62. The number of nitrogens with zero attached hydrogens (tertiary/aromatic N) is 3. The van der Waals surface area contributed by atoms with E-state index in [1.807, 2.05) is 67.6 Å². The van der Waals surface area contributed by atoms with Crippen LogP contribution in [-0.2, 0) is 0 Å². The van der Waals surface area contributed by atoms with Crippen LogP contribution in [0, 0.1) is 20.2 Å². The molecule has 0 unspecified atom stereocenters. The molecule has 0 aromatic heterocycles. The number of nitro benzene ring substituents is 2. The highest BCUT2D eigenvalue weighted by Gasteiger charge is 2.21. The van der Waals surface area contributed by atoms with Gasteiger partial charge in [0.05, 0.1) is 15.9 Å². The van der Waals surface area contributed by atoms with Gasteiger partial charge in [-0.2, -0.15) is 5.10 Å². The molecule has 3 aromatic rings. The molecule has 0 heterocycles. The number of benzene rings is 3. The van der Waals surface area contributed by atoms with Crippen LogP contribution in [-0.4, -0.2) is 15.6 Å². The molecule has 3 rings (SSSR count). The molecule has 0 amide bonds. The van der Waals surface area contributed by atoms with Crippen molar-refractivity contribution < 1.29 is 9.85 Å². The largest absolute Gasteiger partial charge is 0.301 e. The van der Waals surface area contributed by atoms with Crippen molar-refractivity contribution in [3.05, 3.63) is 110 Å². The molecule has 0 atom stereocenters. The van der Waals surface area contributed by atoms with Crippen LogP contribution in [0.25, 0.3) is 0 Å². The number of nitrogens with one attached hydrogen (secondary N) is 1. The maximum absolute atomic E-state index is 11.3. The Bertz CT molecular complexity index is 1010. The summed E-state index contributed by atoms with van der Waals surface area (Å²) in [4.78, 5) is 20.9. The summed E-state index contributed by atoms with van der Waals surface area (Å²) < 4.78 is 0. The van der Waals surface area contributed by atoms with Crippen molar-refractivity contribution in [1.29, 1.82) is 0 Å². The van der Waals surface area contributed by atoms with Crippen molar-refractivity contribution in [2.24, 2.45) is 5.10 Å². The van der Waals surface area contributed by atoms with Gasteiger partial charge in [-0.25, -0.2) is 0 Å². The molecule has 0 bridgehead atoms. The summed E-state index contributed by atoms with van der Waals surface area (Å²) in [6.45, 7) is 1.83. The number of nitro groups is 2. The lowest BCUT2D eigenvalue weighted by Crippen LogP contribution is -2.13. The first-order valence-corrected chi connectivity index (χ1v) is 8.80. The van der Waals surface area contributed by atoms with Gasteiger partial charge in [-0.15, -0.1) is 0 Å². The maximum Gasteiger partial charge on any atom is 0.301 e. The first kappa shape index (κ1) is 19.7. The van der Waals surface area contributed by atoms with Crippen LogP contribution in [0.2, 0.25) is 0 Å². The van der Waals surface area contributed by atoms with Gasteiger partial charge in [0.1, 0.15) is 5.69 Å². The number of anilines is 1. The summed E-state index contributed by atoms with van der Waals surface area (Å²) in [7, 11) is 0. The molecule has 29 heavy (non-hydrogen) atoms. The average molecular weight is 390 g/mol. The topological polar surface area (TPSA) is 111 Å². The Hall–Kier alpha value is -4.07. The molecule has 0 saturated heterocycles. The monoisotopic (exact) mass is 390 g/mol. The summed E-state index contributed by atoms with van der Waals surface area (Å²) in [5, 5.41) is 26.6. The van der Waals surface area contributed by atoms with Gasteiger partial charge in [0.2, 0.25) is 0 Å². The van der Waals surface area contributed by atoms with Crippen molar-refractivity contribution in [1.82, 2.24) is 0 Å². The minimum absolute atomic E-state index is 0.0832. The van der Waals surface area contributed by atoms with Gasteiger partial charge in [0.25, 0.3) is 5.69 Å². The molecule has 0 aliphatic heterocycles. The van der Waals surface area contributed by atoms with Gasteiger partial charge in [-0.3, -0.25) is 25.7 Å². The lowest BCUT2D eigenvalue weighted by Gasteiger charge is -2.18. The number of hydrazone groups is 1. The zero-order valence-corrected chi connectivity index (χ0v) is 15.6. The van der Waals surface area contributed by atoms with Crippen molar-refractivity contribution in [3.8, 4) is 0 Å². The van der Waals surface area contributed by atoms with Crippen LogP contribution in [0.5, 0.6) is 0 Å². The molecule has 0 aliphatic carbocycles. The Morgan fingerprint density at radius 3 is 1.90 bits per heavy atom. The third-order valence-electron chi connectivity index (χ3n) is 4.43. The molecule has 0 spiro atoms. The maximum atomic E-state index is 11.3. The lowest BCUT2D eigenvalue weighted by atomic mass is 9.88. The predicted octanol–water partition coefficient (Wildman–Crippen LogP) is 5.12. The first-order valence-electron chi connectivity index (χ1n) is 8.80. The molecule has 0 fully saturated rings. The number of hydrogen-bond acceptors (Lipinski definition) is 6. The van der Waals surface area contributed by atoms with E-state index >= 15 is 0 Å². The smallest absolute Gasteiger partial charge is 0.272 e. The minimum Gasteiger partial charge on any atom is -0.272 e. The van der Waals surface area contributed by atoms with Crippen LogP contribution in [0.4, 0.5) is 17.1 Å². The molecule has 146 valence electrons. The molecule has 0 radical (unpaired) electrons. The molecule has 0 saturated carbocycles. The second-order valence-electron chi connectivity index (χ2n) is 6.34. The van der Waals surface area contributed by atoms with Crippen molar-refractivity contribution in [3.63, 3.8) is 0 Å². The highest BCUT2D eigenvalue weighted by atomic mass is 16.6. The fourth-order valence-electron chi connectivity index (χ4n) is 3.06. The second kappa shape index (κ2) is 8.75. The van der Waals surface area contributed by atoms with E-state index in [4.69, 9.17) is 0 Å². The molecule has 8 heteroatoms. The van der Waals surface area contributed by atoms with Gasteiger partial charge in [0, 0.05) is 17.7 Å². The summed E-state index contributed by atoms with van der Waals surface area (Å²) in [6, 6.07) is 23.0. The van der Waals surface area contributed by atoms with Gasteiger partial charge in [-0.1, -0.05) is 60.7 Å². The highest BCUT2D eigenvalue weighted by molar-refractivity contribution is 5.92. The summed E-state index contributed by atoms with van der Waals surface area (Å²) in [6.07, 6.45) is 0. The summed E-state index contributed by atoms with van der Waals surface area (Å²) >= 11 is 0. The summed E-state index contributed by atoms with van der Waals surface area (Å²) in [5.41, 5.74) is 4.77. The summed E-state index contributed by atoms with van der Waals surface area (Å²) in [5.74, 6) is -0.151. The van der Waals surface area contributed by atoms with E-state index in [0.717, 1.165) is 17.2 Å². The van der Waals surface area contributed by atoms with Crippen LogP contribution in [0.15, 0.2) is 84.0 Å². The molecule has 8 nitrogen and oxygen atoms in total. The Labute approximate surface area is 166 Å². The van der Waals surface area contributed by atoms with Gasteiger partial charge < -0.3 is 0 Å². The van der Waals surface area contributed by atoms with E-state index in [-0.39, 0.29) is 17.3 Å². The predicted molar refractivity (Wildman–Crippen MR) is 111 cm³/mol. The van der Waals surface area contributed by atoms with Gasteiger partial charge in [-0.05, 0) is 24.1 Å². The lowest BCUT2D eigenvalue weighted by molar-refractivity contribution is -0.393. The van der Waals surface area contributed by atoms with Crippen molar-refractivity contribution in [2.75, 3.05) is 5.43 Å².